The Balaban J connectivity index is 1.98. The smallest absolute Gasteiger partial charge is 0.227 e. The van der Waals surface area contributed by atoms with Crippen LogP contribution in [-0.4, -0.2) is 28.7 Å². The number of hydrogen-bond donors (Lipinski definition) is 2. The largest absolute Gasteiger partial charge is 0.359 e. The second-order valence-corrected chi connectivity index (χ2v) is 3.30. The van der Waals surface area contributed by atoms with Gasteiger partial charge in [-0.15, -0.1) is 0 Å². The van der Waals surface area contributed by atoms with Gasteiger partial charge in [0.1, 0.15) is 0 Å². The van der Waals surface area contributed by atoms with Crippen molar-refractivity contribution in [3.63, 3.8) is 0 Å². The number of hydrogen-bond acceptors (Lipinski definition) is 4. The number of H-pyrrole nitrogens is 1. The van der Waals surface area contributed by atoms with Gasteiger partial charge in [-0.05, 0) is 32.1 Å². The number of rotatable bonds is 5. The lowest BCUT2D eigenvalue weighted by molar-refractivity contribution is 0.375. The Morgan fingerprint density at radius 1 is 1.53 bits per heavy atom. The molecule has 0 atom stereocenters. The van der Waals surface area contributed by atoms with Gasteiger partial charge < -0.3 is 14.8 Å². The standard InChI is InChI=1S/C10H14N4O/c1-11-6-3-5-9-13-10(14-15-9)8-4-2-7-12-8/h2,4,7,11-12H,3,5-6H2,1H3. The van der Waals surface area contributed by atoms with E-state index in [4.69, 9.17) is 4.52 Å². The highest BCUT2D eigenvalue weighted by Crippen LogP contribution is 2.12. The van der Waals surface area contributed by atoms with Crippen molar-refractivity contribution in [2.75, 3.05) is 13.6 Å². The average molecular weight is 206 g/mol. The van der Waals surface area contributed by atoms with Gasteiger partial charge >= 0.3 is 0 Å². The van der Waals surface area contributed by atoms with E-state index in [2.05, 4.69) is 20.4 Å². The monoisotopic (exact) mass is 206 g/mol. The minimum atomic E-state index is 0.624. The maximum Gasteiger partial charge on any atom is 0.227 e. The fourth-order valence-corrected chi connectivity index (χ4v) is 1.35. The van der Waals surface area contributed by atoms with Crippen LogP contribution in [0.1, 0.15) is 12.3 Å². The summed E-state index contributed by atoms with van der Waals surface area (Å²) in [6.45, 7) is 0.959. The van der Waals surface area contributed by atoms with Gasteiger partial charge in [-0.25, -0.2) is 0 Å². The van der Waals surface area contributed by atoms with Crippen molar-refractivity contribution in [3.05, 3.63) is 24.2 Å². The number of nitrogens with one attached hydrogen (secondary N) is 2. The zero-order chi connectivity index (χ0) is 10.5. The molecule has 0 spiro atoms. The van der Waals surface area contributed by atoms with Gasteiger partial charge in [0.05, 0.1) is 5.69 Å². The summed E-state index contributed by atoms with van der Waals surface area (Å²) in [6, 6.07) is 3.83. The normalized spacial score (nSPS) is 10.7. The van der Waals surface area contributed by atoms with E-state index in [0.29, 0.717) is 11.7 Å². The fraction of sp³-hybridized carbons (Fsp3) is 0.400. The van der Waals surface area contributed by atoms with Crippen molar-refractivity contribution in [3.8, 4) is 11.5 Å². The summed E-state index contributed by atoms with van der Waals surface area (Å²) < 4.78 is 5.13. The highest BCUT2D eigenvalue weighted by atomic mass is 16.5. The summed E-state index contributed by atoms with van der Waals surface area (Å²) in [5.74, 6) is 1.31. The molecular formula is C10H14N4O. The predicted octanol–water partition coefficient (Wildman–Crippen LogP) is 1.22. The lowest BCUT2D eigenvalue weighted by Crippen LogP contribution is -2.08. The molecule has 15 heavy (non-hydrogen) atoms. The van der Waals surface area contributed by atoms with Gasteiger partial charge in [0.2, 0.25) is 11.7 Å². The molecule has 2 aromatic heterocycles. The van der Waals surface area contributed by atoms with E-state index >= 15 is 0 Å². The third kappa shape index (κ3) is 2.44. The summed E-state index contributed by atoms with van der Waals surface area (Å²) >= 11 is 0. The van der Waals surface area contributed by atoms with E-state index in [0.717, 1.165) is 25.1 Å². The van der Waals surface area contributed by atoms with E-state index in [1.807, 2.05) is 25.4 Å². The molecule has 0 aliphatic heterocycles. The highest BCUT2D eigenvalue weighted by molar-refractivity contribution is 5.47. The van der Waals surface area contributed by atoms with Crippen LogP contribution in [0.15, 0.2) is 22.9 Å². The van der Waals surface area contributed by atoms with Gasteiger partial charge in [0.25, 0.3) is 0 Å². The van der Waals surface area contributed by atoms with Crippen LogP contribution in [0.3, 0.4) is 0 Å². The van der Waals surface area contributed by atoms with Crippen LogP contribution < -0.4 is 5.32 Å². The first-order valence-corrected chi connectivity index (χ1v) is 5.01. The zero-order valence-electron chi connectivity index (χ0n) is 8.66. The number of aromatic nitrogens is 3. The first kappa shape index (κ1) is 9.92. The fourth-order valence-electron chi connectivity index (χ4n) is 1.35. The molecule has 0 aliphatic carbocycles. The minimum Gasteiger partial charge on any atom is -0.359 e. The van der Waals surface area contributed by atoms with Gasteiger partial charge in [-0.2, -0.15) is 4.98 Å². The lowest BCUT2D eigenvalue weighted by Gasteiger charge is -1.93. The highest BCUT2D eigenvalue weighted by Gasteiger charge is 2.07. The van der Waals surface area contributed by atoms with Crippen LogP contribution in [0.2, 0.25) is 0 Å². The quantitative estimate of drug-likeness (QED) is 0.722. The van der Waals surface area contributed by atoms with E-state index in [1.54, 1.807) is 0 Å². The van der Waals surface area contributed by atoms with Crippen LogP contribution in [0.5, 0.6) is 0 Å². The first-order valence-electron chi connectivity index (χ1n) is 5.01. The molecule has 2 N–H and O–H groups in total. The molecule has 0 saturated heterocycles. The van der Waals surface area contributed by atoms with E-state index in [9.17, 15) is 0 Å². The Hall–Kier alpha value is -1.62. The molecule has 0 aromatic carbocycles. The molecule has 0 saturated carbocycles. The second-order valence-electron chi connectivity index (χ2n) is 3.30. The third-order valence-electron chi connectivity index (χ3n) is 2.12. The molecular weight excluding hydrogens is 192 g/mol. The Kier molecular flexibility index (Phi) is 3.14. The summed E-state index contributed by atoms with van der Waals surface area (Å²) in [4.78, 5) is 7.32. The average Bonchev–Trinajstić information content (AvgIpc) is 2.87. The molecule has 2 heterocycles. The molecule has 5 nitrogen and oxygen atoms in total. The second kappa shape index (κ2) is 4.75. The minimum absolute atomic E-state index is 0.624. The van der Waals surface area contributed by atoms with Crippen LogP contribution in [0.4, 0.5) is 0 Å². The lowest BCUT2D eigenvalue weighted by atomic mass is 10.3. The van der Waals surface area contributed by atoms with Gasteiger partial charge in [-0.1, -0.05) is 5.16 Å². The Labute approximate surface area is 87.9 Å². The SMILES string of the molecule is CNCCCc1nc(-c2ccc[nH]2)no1. The Morgan fingerprint density at radius 3 is 3.20 bits per heavy atom. The number of aromatic amines is 1. The Morgan fingerprint density at radius 2 is 2.47 bits per heavy atom. The van der Waals surface area contributed by atoms with E-state index in [-0.39, 0.29) is 0 Å². The topological polar surface area (TPSA) is 66.7 Å². The maximum absolute atomic E-state index is 5.13. The van der Waals surface area contributed by atoms with Crippen molar-refractivity contribution in [2.24, 2.45) is 0 Å². The van der Waals surface area contributed by atoms with Crippen LogP contribution in [0.25, 0.3) is 11.5 Å². The molecule has 0 fully saturated rings. The van der Waals surface area contributed by atoms with Crippen molar-refractivity contribution >= 4 is 0 Å². The molecule has 2 rings (SSSR count). The van der Waals surface area contributed by atoms with Crippen molar-refractivity contribution in [1.29, 1.82) is 0 Å². The molecule has 0 radical (unpaired) electrons. The maximum atomic E-state index is 5.13. The van der Waals surface area contributed by atoms with E-state index in [1.165, 1.54) is 0 Å². The molecule has 0 aliphatic rings. The third-order valence-corrected chi connectivity index (χ3v) is 2.12. The molecule has 2 aromatic rings. The molecule has 0 unspecified atom stereocenters. The number of aryl methyl sites for hydroxylation is 1. The van der Waals surface area contributed by atoms with Crippen LogP contribution in [0, 0.1) is 0 Å². The molecule has 0 bridgehead atoms. The molecule has 0 amide bonds. The summed E-state index contributed by atoms with van der Waals surface area (Å²) in [6.07, 6.45) is 3.66. The van der Waals surface area contributed by atoms with Crippen LogP contribution in [-0.2, 0) is 6.42 Å². The first-order chi connectivity index (χ1) is 7.40. The predicted molar refractivity (Wildman–Crippen MR) is 56.3 cm³/mol. The van der Waals surface area contributed by atoms with Crippen molar-refractivity contribution < 1.29 is 4.52 Å². The summed E-state index contributed by atoms with van der Waals surface area (Å²) in [5, 5.41) is 6.98. The van der Waals surface area contributed by atoms with Gasteiger partial charge in [-0.3, -0.25) is 0 Å². The Bertz CT molecular complexity index is 393. The molecule has 5 heteroatoms. The van der Waals surface area contributed by atoms with Gasteiger partial charge in [0, 0.05) is 12.6 Å². The van der Waals surface area contributed by atoms with Gasteiger partial charge in [0.15, 0.2) is 0 Å². The molecule has 80 valence electrons. The van der Waals surface area contributed by atoms with Crippen molar-refractivity contribution in [1.82, 2.24) is 20.4 Å². The van der Waals surface area contributed by atoms with E-state index < -0.39 is 0 Å². The number of nitrogens with zero attached hydrogens (tertiary/aromatic N) is 2. The zero-order valence-corrected chi connectivity index (χ0v) is 8.66. The van der Waals surface area contributed by atoms with Crippen LogP contribution >= 0.6 is 0 Å². The van der Waals surface area contributed by atoms with Crippen molar-refractivity contribution in [2.45, 2.75) is 12.8 Å². The summed E-state index contributed by atoms with van der Waals surface area (Å²) in [7, 11) is 1.93. The summed E-state index contributed by atoms with van der Waals surface area (Å²) in [5.41, 5.74) is 0.888.